The van der Waals surface area contributed by atoms with Crippen molar-refractivity contribution in [1.82, 2.24) is 0 Å². The third-order valence-electron chi connectivity index (χ3n) is 1.10. The third kappa shape index (κ3) is 4.46. The van der Waals surface area contributed by atoms with Crippen LogP contribution < -0.4 is 4.52 Å². The first-order valence-electron chi connectivity index (χ1n) is 3.43. The smallest absolute Gasteiger partial charge is 0.300 e. The molecule has 0 aliphatic heterocycles. The molecule has 0 fully saturated rings. The fourth-order valence-electron chi connectivity index (χ4n) is 0.671. The molecule has 0 saturated heterocycles. The van der Waals surface area contributed by atoms with Gasteiger partial charge in [-0.1, -0.05) is 18.2 Å². The first-order chi connectivity index (χ1) is 6.47. The molecule has 1 aromatic rings. The second-order valence-corrected chi connectivity index (χ2v) is 4.46. The van der Waals surface area contributed by atoms with E-state index in [0.717, 1.165) is 0 Å². The van der Waals surface area contributed by atoms with Gasteiger partial charge in [-0.05, 0) is 12.1 Å². The number of benzene rings is 1. The summed E-state index contributed by atoms with van der Waals surface area (Å²) in [4.78, 5) is 16.6. The zero-order valence-electron chi connectivity index (χ0n) is 6.81. The molecular formula is C6H7O6P2+. The van der Waals surface area contributed by atoms with E-state index in [1.807, 2.05) is 0 Å². The molecule has 0 aromatic heterocycles. The minimum atomic E-state index is -4.77. The van der Waals surface area contributed by atoms with E-state index in [1.165, 1.54) is 12.1 Å². The molecule has 0 aliphatic carbocycles. The van der Waals surface area contributed by atoms with Crippen LogP contribution in [0.5, 0.6) is 5.75 Å². The van der Waals surface area contributed by atoms with Crippen LogP contribution in [0.4, 0.5) is 0 Å². The van der Waals surface area contributed by atoms with Crippen LogP contribution in [-0.2, 0) is 13.4 Å². The number of phosphoric acid groups is 1. The Morgan fingerprint density at radius 3 is 2.29 bits per heavy atom. The van der Waals surface area contributed by atoms with Gasteiger partial charge in [0.25, 0.3) is 0 Å². The summed E-state index contributed by atoms with van der Waals surface area (Å²) in [6.07, 6.45) is 0. The van der Waals surface area contributed by atoms with Crippen molar-refractivity contribution in [3.63, 3.8) is 0 Å². The quantitative estimate of drug-likeness (QED) is 0.776. The minimum Gasteiger partial charge on any atom is -0.300 e. The van der Waals surface area contributed by atoms with Crippen LogP contribution in [0, 0.1) is 0 Å². The Morgan fingerprint density at radius 2 is 1.79 bits per heavy atom. The summed E-state index contributed by atoms with van der Waals surface area (Å²) >= 11 is 0. The second-order valence-electron chi connectivity index (χ2n) is 2.20. The van der Waals surface area contributed by atoms with Crippen LogP contribution in [0.15, 0.2) is 30.3 Å². The summed E-state index contributed by atoms with van der Waals surface area (Å²) in [5.41, 5.74) is 0. The zero-order chi connectivity index (χ0) is 10.6. The molecule has 76 valence electrons. The maximum absolute atomic E-state index is 10.8. The fraction of sp³-hybridized carbons (Fsp3) is 0. The van der Waals surface area contributed by atoms with Crippen molar-refractivity contribution in [3.8, 4) is 5.75 Å². The Morgan fingerprint density at radius 1 is 1.21 bits per heavy atom. The van der Waals surface area contributed by atoms with E-state index < -0.39 is 16.1 Å². The summed E-state index contributed by atoms with van der Waals surface area (Å²) in [7, 11) is -7.63. The molecule has 0 aliphatic rings. The Hall–Kier alpha value is -0.770. The zero-order valence-corrected chi connectivity index (χ0v) is 8.60. The molecule has 0 heterocycles. The number of rotatable bonds is 4. The summed E-state index contributed by atoms with van der Waals surface area (Å²) in [5.74, 6) is 0.210. The molecule has 0 amide bonds. The summed E-state index contributed by atoms with van der Waals surface area (Å²) in [6.45, 7) is 0. The summed E-state index contributed by atoms with van der Waals surface area (Å²) < 4.78 is 29.5. The lowest BCUT2D eigenvalue weighted by molar-refractivity contribution is 0.275. The SMILES string of the molecule is O=[P+](Oc1ccccc1)OP(=O)(O)O. The topological polar surface area (TPSA) is 93.1 Å². The molecule has 14 heavy (non-hydrogen) atoms. The highest BCUT2D eigenvalue weighted by molar-refractivity contribution is 7.55. The van der Waals surface area contributed by atoms with Crippen molar-refractivity contribution in [2.24, 2.45) is 0 Å². The predicted molar refractivity (Wildman–Crippen MR) is 47.8 cm³/mol. The van der Waals surface area contributed by atoms with Crippen molar-refractivity contribution in [3.05, 3.63) is 30.3 Å². The molecule has 0 bridgehead atoms. The highest BCUT2D eigenvalue weighted by atomic mass is 31.2. The monoisotopic (exact) mass is 237 g/mol. The molecule has 0 saturated carbocycles. The molecule has 0 spiro atoms. The lowest BCUT2D eigenvalue weighted by atomic mass is 10.3. The van der Waals surface area contributed by atoms with Crippen molar-refractivity contribution in [1.29, 1.82) is 0 Å². The molecule has 8 heteroatoms. The van der Waals surface area contributed by atoms with Crippen molar-refractivity contribution < 1.29 is 27.8 Å². The second kappa shape index (κ2) is 4.64. The number of hydrogen-bond acceptors (Lipinski definition) is 4. The van der Waals surface area contributed by atoms with Gasteiger partial charge in [-0.25, -0.2) is 9.09 Å². The van der Waals surface area contributed by atoms with E-state index >= 15 is 0 Å². The lowest BCUT2D eigenvalue weighted by Gasteiger charge is -1.92. The van der Waals surface area contributed by atoms with Gasteiger partial charge in [0, 0.05) is 8.88 Å². The average molecular weight is 237 g/mol. The van der Waals surface area contributed by atoms with Gasteiger partial charge in [0.2, 0.25) is 0 Å². The Bertz CT molecular complexity index is 358. The highest BCUT2D eigenvalue weighted by Crippen LogP contribution is 2.47. The molecule has 6 nitrogen and oxygen atoms in total. The van der Waals surface area contributed by atoms with E-state index in [2.05, 4.69) is 8.83 Å². The van der Waals surface area contributed by atoms with Crippen LogP contribution >= 0.6 is 16.1 Å². The highest BCUT2D eigenvalue weighted by Gasteiger charge is 2.35. The Labute approximate surface area is 80.7 Å². The standard InChI is InChI=1S/C6H6O6P2/c7-13(12-14(8,9)10)11-6-4-2-1-3-5-6/h1-5H,(H-,8,9,10)/p+1. The average Bonchev–Trinajstić information content (AvgIpc) is 2.02. The molecule has 1 unspecified atom stereocenters. The van der Waals surface area contributed by atoms with Crippen LogP contribution in [0.3, 0.4) is 0 Å². The largest absolute Gasteiger partial charge is 0.761 e. The fourth-order valence-corrected chi connectivity index (χ4v) is 1.79. The molecule has 1 atom stereocenters. The maximum Gasteiger partial charge on any atom is 0.761 e. The van der Waals surface area contributed by atoms with Gasteiger partial charge in [0.15, 0.2) is 5.75 Å². The number of hydrogen-bond donors (Lipinski definition) is 2. The summed E-state index contributed by atoms with van der Waals surface area (Å²) in [5, 5.41) is 0. The van der Waals surface area contributed by atoms with Crippen molar-refractivity contribution in [2.75, 3.05) is 0 Å². The molecule has 0 radical (unpaired) electrons. The Kier molecular flexibility index (Phi) is 3.75. The van der Waals surface area contributed by atoms with Gasteiger partial charge in [-0.3, -0.25) is 0 Å². The van der Waals surface area contributed by atoms with Crippen LogP contribution in [0.1, 0.15) is 0 Å². The van der Waals surface area contributed by atoms with Crippen LogP contribution in [0.25, 0.3) is 0 Å². The third-order valence-corrected chi connectivity index (χ3v) is 2.84. The van der Waals surface area contributed by atoms with E-state index in [1.54, 1.807) is 18.2 Å². The Balaban J connectivity index is 2.55. The van der Waals surface area contributed by atoms with Gasteiger partial charge >= 0.3 is 16.1 Å². The van der Waals surface area contributed by atoms with E-state index in [9.17, 15) is 9.13 Å². The van der Waals surface area contributed by atoms with Gasteiger partial charge in [0.1, 0.15) is 0 Å². The maximum atomic E-state index is 10.8. The van der Waals surface area contributed by atoms with Gasteiger partial charge in [-0.2, -0.15) is 0 Å². The normalized spacial score (nSPS) is 12.3. The van der Waals surface area contributed by atoms with Crippen molar-refractivity contribution in [2.45, 2.75) is 0 Å². The van der Waals surface area contributed by atoms with E-state index in [4.69, 9.17) is 9.79 Å². The first kappa shape index (κ1) is 11.3. The van der Waals surface area contributed by atoms with Crippen LogP contribution in [-0.4, -0.2) is 9.79 Å². The van der Waals surface area contributed by atoms with Crippen LogP contribution in [0.2, 0.25) is 0 Å². The minimum absolute atomic E-state index is 0.210. The van der Waals surface area contributed by atoms with Gasteiger partial charge in [-0.15, -0.1) is 0 Å². The van der Waals surface area contributed by atoms with E-state index in [-0.39, 0.29) is 5.75 Å². The number of para-hydroxylation sites is 1. The van der Waals surface area contributed by atoms with Gasteiger partial charge < -0.3 is 9.79 Å². The predicted octanol–water partition coefficient (Wildman–Crippen LogP) is 1.83. The molecule has 1 rings (SSSR count). The lowest BCUT2D eigenvalue weighted by Crippen LogP contribution is -1.85. The molecule has 2 N–H and O–H groups in total. The van der Waals surface area contributed by atoms with Gasteiger partial charge in [0.05, 0.1) is 0 Å². The van der Waals surface area contributed by atoms with E-state index in [0.29, 0.717) is 0 Å². The summed E-state index contributed by atoms with van der Waals surface area (Å²) in [6, 6.07) is 7.92. The van der Waals surface area contributed by atoms with Crippen molar-refractivity contribution >= 4 is 16.1 Å². The molecule has 1 aromatic carbocycles. The first-order valence-corrected chi connectivity index (χ1v) is 6.05. The molecular weight excluding hydrogens is 230 g/mol.